The summed E-state index contributed by atoms with van der Waals surface area (Å²) in [4.78, 5) is 21.1. The highest BCUT2D eigenvalue weighted by atomic mass is 16.5. The SMILES string of the molecule is C=c1ccc(C(=O)OC)c/c1=C/C=C\N=O. The zero-order valence-corrected chi connectivity index (χ0v) is 8.84. The molecule has 4 nitrogen and oxygen atoms in total. The van der Waals surface area contributed by atoms with Crippen LogP contribution in [0.2, 0.25) is 0 Å². The first kappa shape index (κ1) is 11.8. The van der Waals surface area contributed by atoms with Crippen LogP contribution in [0.25, 0.3) is 12.7 Å². The number of hydrogen-bond donors (Lipinski definition) is 0. The van der Waals surface area contributed by atoms with Gasteiger partial charge in [-0.25, -0.2) is 4.79 Å². The van der Waals surface area contributed by atoms with Gasteiger partial charge in [0.15, 0.2) is 0 Å². The van der Waals surface area contributed by atoms with E-state index < -0.39 is 5.97 Å². The maximum absolute atomic E-state index is 11.3. The highest BCUT2D eigenvalue weighted by molar-refractivity contribution is 5.89. The summed E-state index contributed by atoms with van der Waals surface area (Å²) >= 11 is 0. The summed E-state index contributed by atoms with van der Waals surface area (Å²) in [6, 6.07) is 4.98. The van der Waals surface area contributed by atoms with Crippen molar-refractivity contribution in [1.82, 2.24) is 0 Å². The van der Waals surface area contributed by atoms with Crippen molar-refractivity contribution in [3.8, 4) is 0 Å². The van der Waals surface area contributed by atoms with Gasteiger partial charge in [-0.2, -0.15) is 0 Å². The lowest BCUT2D eigenvalue weighted by Crippen LogP contribution is -2.24. The second-order valence-electron chi connectivity index (χ2n) is 3.02. The Balaban J connectivity index is 3.23. The van der Waals surface area contributed by atoms with E-state index in [2.05, 4.69) is 16.5 Å². The standard InChI is InChI=1S/C12H11NO3/c1-9-5-6-11(12(14)16-2)8-10(9)4-3-7-13-15/h3-8H,1H2,2H3/b7-3-,10-4-. The monoisotopic (exact) mass is 217 g/mol. The second kappa shape index (κ2) is 5.60. The van der Waals surface area contributed by atoms with Crippen LogP contribution in [0.5, 0.6) is 0 Å². The Morgan fingerprint density at radius 2 is 2.25 bits per heavy atom. The molecule has 16 heavy (non-hydrogen) atoms. The van der Waals surface area contributed by atoms with Crippen LogP contribution >= 0.6 is 0 Å². The number of esters is 1. The lowest BCUT2D eigenvalue weighted by Gasteiger charge is -1.98. The summed E-state index contributed by atoms with van der Waals surface area (Å²) in [6.45, 7) is 3.80. The van der Waals surface area contributed by atoms with Crippen molar-refractivity contribution in [3.05, 3.63) is 51.4 Å². The summed E-state index contributed by atoms with van der Waals surface area (Å²) in [6.07, 6.45) is 4.25. The van der Waals surface area contributed by atoms with Crippen LogP contribution in [0.4, 0.5) is 0 Å². The highest BCUT2D eigenvalue weighted by Crippen LogP contribution is 1.94. The molecule has 0 radical (unpaired) electrons. The molecule has 0 aliphatic heterocycles. The summed E-state index contributed by atoms with van der Waals surface area (Å²) in [5, 5.41) is 4.07. The van der Waals surface area contributed by atoms with Gasteiger partial charge in [0, 0.05) is 0 Å². The minimum Gasteiger partial charge on any atom is -0.465 e. The predicted octanol–water partition coefficient (Wildman–Crippen LogP) is 0.944. The van der Waals surface area contributed by atoms with Crippen molar-refractivity contribution < 1.29 is 9.53 Å². The number of ether oxygens (including phenoxy) is 1. The number of allylic oxidation sites excluding steroid dienone is 1. The molecule has 0 fully saturated rings. The maximum atomic E-state index is 11.3. The van der Waals surface area contributed by atoms with E-state index in [1.165, 1.54) is 13.2 Å². The van der Waals surface area contributed by atoms with Crippen molar-refractivity contribution in [2.75, 3.05) is 7.11 Å². The Bertz CT molecular complexity index is 532. The third-order valence-corrected chi connectivity index (χ3v) is 1.99. The first-order chi connectivity index (χ1) is 7.69. The fourth-order valence-electron chi connectivity index (χ4n) is 1.18. The molecule has 0 aliphatic carbocycles. The van der Waals surface area contributed by atoms with Crippen LogP contribution in [0.15, 0.2) is 35.7 Å². The average molecular weight is 217 g/mol. The quantitative estimate of drug-likeness (QED) is 0.559. The number of carbonyl (C=O) groups is 1. The van der Waals surface area contributed by atoms with Crippen molar-refractivity contribution in [2.24, 2.45) is 5.18 Å². The molecule has 0 saturated carbocycles. The molecule has 1 rings (SSSR count). The van der Waals surface area contributed by atoms with E-state index in [1.54, 1.807) is 24.3 Å². The summed E-state index contributed by atoms with van der Waals surface area (Å²) in [5.74, 6) is -0.410. The van der Waals surface area contributed by atoms with Gasteiger partial charge < -0.3 is 4.74 Å². The average Bonchev–Trinajstić information content (AvgIpc) is 2.31. The van der Waals surface area contributed by atoms with E-state index in [9.17, 15) is 9.70 Å². The number of hydrogen-bond acceptors (Lipinski definition) is 4. The molecule has 1 aromatic carbocycles. The maximum Gasteiger partial charge on any atom is 0.337 e. The largest absolute Gasteiger partial charge is 0.465 e. The lowest BCUT2D eigenvalue weighted by molar-refractivity contribution is 0.0600. The molecule has 4 heteroatoms. The topological polar surface area (TPSA) is 55.7 Å². The zero-order valence-electron chi connectivity index (χ0n) is 8.84. The van der Waals surface area contributed by atoms with Gasteiger partial charge in [0.25, 0.3) is 0 Å². The molecule has 0 heterocycles. The summed E-state index contributed by atoms with van der Waals surface area (Å²) < 4.78 is 4.60. The molecular formula is C12H11NO3. The number of benzene rings is 1. The second-order valence-corrected chi connectivity index (χ2v) is 3.02. The highest BCUT2D eigenvalue weighted by Gasteiger charge is 2.02. The smallest absolute Gasteiger partial charge is 0.337 e. The molecular weight excluding hydrogens is 206 g/mol. The van der Waals surface area contributed by atoms with Crippen molar-refractivity contribution in [2.45, 2.75) is 0 Å². The van der Waals surface area contributed by atoms with Crippen LogP contribution in [0.3, 0.4) is 0 Å². The van der Waals surface area contributed by atoms with Gasteiger partial charge in [-0.05, 0) is 33.8 Å². The first-order valence-corrected chi connectivity index (χ1v) is 4.55. The Morgan fingerprint density at radius 3 is 2.88 bits per heavy atom. The number of nitrogens with zero attached hydrogens (tertiary/aromatic N) is 1. The van der Waals surface area contributed by atoms with Crippen molar-refractivity contribution in [3.63, 3.8) is 0 Å². The van der Waals surface area contributed by atoms with Crippen LogP contribution in [-0.4, -0.2) is 13.1 Å². The number of carbonyl (C=O) groups excluding carboxylic acids is 1. The van der Waals surface area contributed by atoms with Gasteiger partial charge in [-0.1, -0.05) is 18.7 Å². The molecule has 0 aliphatic rings. The van der Waals surface area contributed by atoms with Crippen LogP contribution in [0.1, 0.15) is 10.4 Å². The van der Waals surface area contributed by atoms with Crippen LogP contribution < -0.4 is 10.4 Å². The third kappa shape index (κ3) is 2.88. The predicted molar refractivity (Wildman–Crippen MR) is 62.0 cm³/mol. The first-order valence-electron chi connectivity index (χ1n) is 4.55. The molecule has 0 aromatic heterocycles. The Kier molecular flexibility index (Phi) is 4.15. The fourth-order valence-corrected chi connectivity index (χ4v) is 1.18. The van der Waals surface area contributed by atoms with E-state index >= 15 is 0 Å². The molecule has 82 valence electrons. The van der Waals surface area contributed by atoms with Gasteiger partial charge in [-0.15, -0.1) is 4.91 Å². The van der Waals surface area contributed by atoms with Crippen LogP contribution in [-0.2, 0) is 4.74 Å². The van der Waals surface area contributed by atoms with Gasteiger partial charge >= 0.3 is 5.97 Å². The van der Waals surface area contributed by atoms with Crippen LogP contribution in [0, 0.1) is 4.91 Å². The minimum atomic E-state index is -0.410. The van der Waals surface area contributed by atoms with E-state index in [0.717, 1.165) is 16.6 Å². The Morgan fingerprint density at radius 1 is 1.50 bits per heavy atom. The number of rotatable bonds is 3. The van der Waals surface area contributed by atoms with Gasteiger partial charge in [-0.3, -0.25) is 0 Å². The molecule has 0 atom stereocenters. The van der Waals surface area contributed by atoms with E-state index in [0.29, 0.717) is 5.56 Å². The van der Waals surface area contributed by atoms with Crippen molar-refractivity contribution in [1.29, 1.82) is 0 Å². The van der Waals surface area contributed by atoms with Gasteiger partial charge in [0.1, 0.15) is 0 Å². The molecule has 0 amide bonds. The molecule has 1 aromatic rings. The van der Waals surface area contributed by atoms with E-state index in [-0.39, 0.29) is 0 Å². The number of methoxy groups -OCH3 is 1. The third-order valence-electron chi connectivity index (χ3n) is 1.99. The molecule has 0 spiro atoms. The van der Waals surface area contributed by atoms with Gasteiger partial charge in [0.05, 0.1) is 18.9 Å². The van der Waals surface area contributed by atoms with E-state index in [4.69, 9.17) is 0 Å². The Labute approximate surface area is 92.5 Å². The number of nitroso groups, excluding NO2 is 1. The molecule has 0 N–H and O–H groups in total. The summed E-state index contributed by atoms with van der Waals surface area (Å²) in [7, 11) is 1.32. The zero-order chi connectivity index (χ0) is 12.0. The normalized spacial score (nSPS) is 11.7. The van der Waals surface area contributed by atoms with Gasteiger partial charge in [0.2, 0.25) is 0 Å². The molecule has 0 saturated heterocycles. The minimum absolute atomic E-state index is 0.410. The molecule has 0 unspecified atom stereocenters. The summed E-state index contributed by atoms with van der Waals surface area (Å²) in [5.41, 5.74) is 0.439. The van der Waals surface area contributed by atoms with Crippen molar-refractivity contribution >= 4 is 18.6 Å². The fraction of sp³-hybridized carbons (Fsp3) is 0.0833. The Hall–Kier alpha value is -2.23. The van der Waals surface area contributed by atoms with E-state index in [1.807, 2.05) is 0 Å². The molecule has 0 bridgehead atoms. The lowest BCUT2D eigenvalue weighted by atomic mass is 10.1.